The highest BCUT2D eigenvalue weighted by Gasteiger charge is 2.41. The SMILES string of the molecule is CCN(C)C[C@]1(OC)CCN(c2cc(F)c(S(=O)(=O)Nc3cscn3)c(F)c2Cl)C1. The first-order valence-electron chi connectivity index (χ1n) is 9.19. The number of hydrogen-bond acceptors (Lipinski definition) is 7. The van der Waals surface area contributed by atoms with Gasteiger partial charge in [-0.3, -0.25) is 4.72 Å². The van der Waals surface area contributed by atoms with Gasteiger partial charge >= 0.3 is 0 Å². The number of ether oxygens (including phenoxy) is 1. The van der Waals surface area contributed by atoms with Gasteiger partial charge < -0.3 is 14.5 Å². The summed E-state index contributed by atoms with van der Waals surface area (Å²) in [5.74, 6) is -2.59. The molecule has 0 radical (unpaired) electrons. The molecule has 0 aliphatic carbocycles. The zero-order valence-electron chi connectivity index (χ0n) is 16.8. The molecule has 3 rings (SSSR count). The van der Waals surface area contributed by atoms with Crippen LogP contribution in [-0.4, -0.2) is 64.2 Å². The fraction of sp³-hybridized carbons (Fsp3) is 0.500. The lowest BCUT2D eigenvalue weighted by Crippen LogP contribution is -2.45. The second-order valence-corrected chi connectivity index (χ2v) is 9.92. The summed E-state index contributed by atoms with van der Waals surface area (Å²) in [4.78, 5) is 6.44. The quantitative estimate of drug-likeness (QED) is 0.583. The van der Waals surface area contributed by atoms with Gasteiger partial charge in [-0.15, -0.1) is 11.3 Å². The topological polar surface area (TPSA) is 74.8 Å². The Kier molecular flexibility index (Phi) is 6.87. The van der Waals surface area contributed by atoms with E-state index in [1.165, 1.54) is 10.9 Å². The maximum absolute atomic E-state index is 15.0. The first-order chi connectivity index (χ1) is 14.1. The third-order valence-corrected chi connectivity index (χ3v) is 7.56. The summed E-state index contributed by atoms with van der Waals surface area (Å²) < 4.78 is 62.6. The Morgan fingerprint density at radius 1 is 1.47 bits per heavy atom. The van der Waals surface area contributed by atoms with Crippen LogP contribution >= 0.6 is 22.9 Å². The van der Waals surface area contributed by atoms with Gasteiger partial charge in [0.05, 0.1) is 16.8 Å². The third kappa shape index (κ3) is 4.54. The van der Waals surface area contributed by atoms with Gasteiger partial charge in [-0.2, -0.15) is 0 Å². The Hall–Kier alpha value is -1.53. The molecule has 1 atom stereocenters. The summed E-state index contributed by atoms with van der Waals surface area (Å²) in [6.07, 6.45) is 0.638. The lowest BCUT2D eigenvalue weighted by molar-refractivity contribution is -0.0136. The van der Waals surface area contributed by atoms with Gasteiger partial charge in [-0.25, -0.2) is 22.2 Å². The van der Waals surface area contributed by atoms with Crippen LogP contribution < -0.4 is 9.62 Å². The molecule has 0 saturated carbocycles. The molecule has 1 aliphatic heterocycles. The Morgan fingerprint density at radius 3 is 2.80 bits per heavy atom. The molecule has 1 N–H and O–H groups in total. The summed E-state index contributed by atoms with van der Waals surface area (Å²) in [5.41, 5.74) is 0.974. The number of rotatable bonds is 8. The zero-order valence-corrected chi connectivity index (χ0v) is 19.2. The molecule has 0 bridgehead atoms. The number of likely N-dealkylation sites (N-methyl/N-ethyl adjacent to an activating group) is 1. The molecule has 1 fully saturated rings. The standard InChI is InChI=1S/C18H23ClF2N4O3S2/c1-4-24(2)9-18(28-3)5-6-25(10-18)13-7-12(20)17(16(21)15(13)19)30(26,27)23-14-8-29-11-22-14/h7-8,11,23H,4-6,9-10H2,1-3H3/t18-/m1/s1. The van der Waals surface area contributed by atoms with E-state index < -0.39 is 37.2 Å². The van der Waals surface area contributed by atoms with Crippen molar-refractivity contribution in [2.24, 2.45) is 0 Å². The Bertz CT molecular complexity index is 1010. The number of thiazole rings is 1. The normalized spacial score (nSPS) is 19.6. The number of nitrogens with one attached hydrogen (secondary N) is 1. The van der Waals surface area contributed by atoms with Crippen molar-refractivity contribution in [1.29, 1.82) is 0 Å². The third-order valence-electron chi connectivity index (χ3n) is 5.23. The maximum Gasteiger partial charge on any atom is 0.268 e. The van der Waals surface area contributed by atoms with E-state index in [4.69, 9.17) is 16.3 Å². The monoisotopic (exact) mass is 480 g/mol. The average molecular weight is 481 g/mol. The van der Waals surface area contributed by atoms with Crippen LogP contribution in [-0.2, 0) is 14.8 Å². The van der Waals surface area contributed by atoms with Crippen LogP contribution in [0.1, 0.15) is 13.3 Å². The highest BCUT2D eigenvalue weighted by Crippen LogP contribution is 2.39. The van der Waals surface area contributed by atoms with Crippen molar-refractivity contribution in [3.05, 3.63) is 33.6 Å². The van der Waals surface area contributed by atoms with Crippen LogP contribution in [0.3, 0.4) is 0 Å². The minimum absolute atomic E-state index is 0.0246. The summed E-state index contributed by atoms with van der Waals surface area (Å²) in [6.45, 7) is 4.33. The number of halogens is 3. The van der Waals surface area contributed by atoms with Crippen LogP contribution in [0.4, 0.5) is 20.3 Å². The van der Waals surface area contributed by atoms with Gasteiger partial charge in [0.2, 0.25) is 0 Å². The largest absolute Gasteiger partial charge is 0.375 e. The lowest BCUT2D eigenvalue weighted by atomic mass is 10.0. The number of anilines is 2. The molecule has 1 aromatic heterocycles. The average Bonchev–Trinajstić information content (AvgIpc) is 3.34. The number of benzene rings is 1. The molecule has 0 amide bonds. The highest BCUT2D eigenvalue weighted by atomic mass is 35.5. The Balaban J connectivity index is 1.92. The molecule has 1 aliphatic rings. The summed E-state index contributed by atoms with van der Waals surface area (Å²) in [6, 6.07) is 0.955. The molecule has 1 saturated heterocycles. The van der Waals surface area contributed by atoms with E-state index in [0.29, 0.717) is 26.1 Å². The molecule has 2 heterocycles. The van der Waals surface area contributed by atoms with Crippen molar-refractivity contribution in [2.75, 3.05) is 50.0 Å². The van der Waals surface area contributed by atoms with Crippen LogP contribution in [0.25, 0.3) is 0 Å². The van der Waals surface area contributed by atoms with Crippen LogP contribution in [0.15, 0.2) is 21.9 Å². The van der Waals surface area contributed by atoms with E-state index >= 15 is 0 Å². The number of hydrogen-bond donors (Lipinski definition) is 1. The highest BCUT2D eigenvalue weighted by molar-refractivity contribution is 7.92. The summed E-state index contributed by atoms with van der Waals surface area (Å²) in [7, 11) is -0.975. The lowest BCUT2D eigenvalue weighted by Gasteiger charge is -2.32. The molecular weight excluding hydrogens is 458 g/mol. The van der Waals surface area contributed by atoms with Crippen LogP contribution in [0, 0.1) is 11.6 Å². The van der Waals surface area contributed by atoms with Crippen molar-refractivity contribution in [1.82, 2.24) is 9.88 Å². The molecule has 2 aromatic rings. The van der Waals surface area contributed by atoms with Gasteiger partial charge in [0, 0.05) is 38.2 Å². The molecule has 0 unspecified atom stereocenters. The molecule has 7 nitrogen and oxygen atoms in total. The minimum Gasteiger partial charge on any atom is -0.375 e. The summed E-state index contributed by atoms with van der Waals surface area (Å²) in [5, 5.41) is 0.955. The van der Waals surface area contributed by atoms with Crippen molar-refractivity contribution in [3.63, 3.8) is 0 Å². The Morgan fingerprint density at radius 2 is 2.20 bits per heavy atom. The molecule has 12 heteroatoms. The molecule has 166 valence electrons. The molecule has 1 aromatic carbocycles. The van der Waals surface area contributed by atoms with Crippen molar-refractivity contribution >= 4 is 44.5 Å². The van der Waals surface area contributed by atoms with E-state index in [-0.39, 0.29) is 11.5 Å². The number of nitrogens with zero attached hydrogens (tertiary/aromatic N) is 3. The van der Waals surface area contributed by atoms with Gasteiger partial charge in [-0.05, 0) is 20.0 Å². The second kappa shape index (κ2) is 8.91. The fourth-order valence-corrected chi connectivity index (χ4v) is 5.53. The maximum atomic E-state index is 15.0. The van der Waals surface area contributed by atoms with Crippen molar-refractivity contribution in [2.45, 2.75) is 23.8 Å². The number of sulfonamides is 1. The first kappa shape index (κ1) is 23.1. The molecule has 0 spiro atoms. The Labute approximate surface area is 183 Å². The van der Waals surface area contributed by atoms with E-state index in [2.05, 4.69) is 14.6 Å². The molecule has 30 heavy (non-hydrogen) atoms. The van der Waals surface area contributed by atoms with E-state index in [0.717, 1.165) is 23.9 Å². The van der Waals surface area contributed by atoms with Gasteiger partial charge in [0.1, 0.15) is 10.8 Å². The van der Waals surface area contributed by atoms with Gasteiger partial charge in [0.15, 0.2) is 16.5 Å². The predicted octanol–water partition coefficient (Wildman–Crippen LogP) is 3.42. The first-order valence-corrected chi connectivity index (χ1v) is 12.0. The van der Waals surface area contributed by atoms with E-state index in [9.17, 15) is 17.2 Å². The number of methoxy groups -OCH3 is 1. The fourth-order valence-electron chi connectivity index (χ4n) is 3.51. The predicted molar refractivity (Wildman–Crippen MR) is 114 cm³/mol. The second-order valence-electron chi connectivity index (χ2n) is 7.20. The van der Waals surface area contributed by atoms with Gasteiger partial charge in [0.25, 0.3) is 10.0 Å². The number of aromatic nitrogens is 1. The van der Waals surface area contributed by atoms with E-state index in [1.807, 2.05) is 14.0 Å². The van der Waals surface area contributed by atoms with Gasteiger partial charge in [-0.1, -0.05) is 18.5 Å². The zero-order chi connectivity index (χ0) is 22.1. The molecular formula is C18H23ClF2N4O3S2. The summed E-state index contributed by atoms with van der Waals surface area (Å²) >= 11 is 7.31. The van der Waals surface area contributed by atoms with Crippen molar-refractivity contribution < 1.29 is 21.9 Å². The minimum atomic E-state index is -4.54. The van der Waals surface area contributed by atoms with E-state index in [1.54, 1.807) is 12.0 Å². The van der Waals surface area contributed by atoms with Crippen molar-refractivity contribution in [3.8, 4) is 0 Å². The smallest absolute Gasteiger partial charge is 0.268 e. The van der Waals surface area contributed by atoms with Crippen LogP contribution in [0.5, 0.6) is 0 Å². The van der Waals surface area contributed by atoms with Crippen LogP contribution in [0.2, 0.25) is 5.02 Å².